The highest BCUT2D eigenvalue weighted by molar-refractivity contribution is 5.99. The van der Waals surface area contributed by atoms with Crippen molar-refractivity contribution in [2.75, 3.05) is 6.61 Å². The third-order valence-corrected chi connectivity index (χ3v) is 5.74. The lowest BCUT2D eigenvalue weighted by Crippen LogP contribution is -2.31. The van der Waals surface area contributed by atoms with E-state index in [9.17, 15) is 14.7 Å². The van der Waals surface area contributed by atoms with Crippen molar-refractivity contribution in [3.63, 3.8) is 0 Å². The van der Waals surface area contributed by atoms with Crippen molar-refractivity contribution in [1.82, 2.24) is 5.32 Å². The van der Waals surface area contributed by atoms with Gasteiger partial charge < -0.3 is 15.2 Å². The van der Waals surface area contributed by atoms with Crippen molar-refractivity contribution >= 4 is 28.8 Å². The first-order valence-corrected chi connectivity index (χ1v) is 10.7. The fourth-order valence-electron chi connectivity index (χ4n) is 4.22. The molecule has 0 bridgehead atoms. The minimum absolute atomic E-state index is 0.0834. The van der Waals surface area contributed by atoms with Crippen molar-refractivity contribution in [1.29, 1.82) is 0 Å². The van der Waals surface area contributed by atoms with E-state index in [-0.39, 0.29) is 12.2 Å². The third-order valence-electron chi connectivity index (χ3n) is 5.74. The van der Waals surface area contributed by atoms with Gasteiger partial charge in [0.05, 0.1) is 17.1 Å². The molecule has 4 rings (SSSR count). The first-order valence-electron chi connectivity index (χ1n) is 10.7. The van der Waals surface area contributed by atoms with Crippen LogP contribution < -0.4 is 5.32 Å². The first-order chi connectivity index (χ1) is 16.0. The Morgan fingerprint density at radius 1 is 0.909 bits per heavy atom. The Morgan fingerprint density at radius 3 is 2.30 bits per heavy atom. The topological polar surface area (TPSA) is 75.6 Å². The van der Waals surface area contributed by atoms with Crippen LogP contribution in [0.25, 0.3) is 16.8 Å². The van der Waals surface area contributed by atoms with Crippen molar-refractivity contribution in [3.8, 4) is 0 Å². The van der Waals surface area contributed by atoms with E-state index in [0.717, 1.165) is 21.9 Å². The highest BCUT2D eigenvalue weighted by atomic mass is 16.5. The number of carbonyl (C=O) groups excluding carboxylic acids is 1. The molecular weight excluding hydrogens is 414 g/mol. The standard InChI is InChI=1S/C28H25NO4/c1-18-24(27(30)31)26(23-15-14-21-12-6-7-13-22(21)17-23)25(19(2)29-18)28(32)33-16-8-11-20-9-4-3-5-10-20/h3-15,17,26,29H,16H2,1-2H3,(H,30,31). The van der Waals surface area contributed by atoms with Crippen LogP contribution in [-0.4, -0.2) is 23.7 Å². The number of carboxylic acids is 1. The van der Waals surface area contributed by atoms with Crippen molar-refractivity contribution in [3.05, 3.63) is 113 Å². The highest BCUT2D eigenvalue weighted by Gasteiger charge is 2.37. The third kappa shape index (κ3) is 4.72. The van der Waals surface area contributed by atoms with Gasteiger partial charge in [-0.15, -0.1) is 0 Å². The minimum atomic E-state index is -1.07. The molecule has 33 heavy (non-hydrogen) atoms. The van der Waals surface area contributed by atoms with E-state index in [0.29, 0.717) is 17.0 Å². The number of fused-ring (bicyclic) bond motifs is 1. The van der Waals surface area contributed by atoms with Crippen molar-refractivity contribution < 1.29 is 19.4 Å². The Hall–Kier alpha value is -4.12. The Morgan fingerprint density at radius 2 is 1.58 bits per heavy atom. The molecule has 166 valence electrons. The Balaban J connectivity index is 1.66. The average Bonchev–Trinajstić information content (AvgIpc) is 2.81. The predicted molar refractivity (Wildman–Crippen MR) is 129 cm³/mol. The molecule has 0 fully saturated rings. The van der Waals surface area contributed by atoms with E-state index in [1.165, 1.54) is 0 Å². The summed E-state index contributed by atoms with van der Waals surface area (Å²) in [5.74, 6) is -2.35. The number of carboxylic acid groups (broad SMARTS) is 1. The summed E-state index contributed by atoms with van der Waals surface area (Å²) >= 11 is 0. The van der Waals surface area contributed by atoms with Gasteiger partial charge in [0.15, 0.2) is 0 Å². The van der Waals surface area contributed by atoms with Gasteiger partial charge in [0.1, 0.15) is 6.61 Å². The van der Waals surface area contributed by atoms with Gasteiger partial charge in [0.25, 0.3) is 0 Å². The number of carbonyl (C=O) groups is 2. The molecule has 0 aliphatic carbocycles. The SMILES string of the molecule is CC1=C(C(=O)O)C(c2ccc3ccccc3c2)C(C(=O)OCC=Cc2ccccc2)=C(C)N1. The maximum atomic E-state index is 13.2. The number of rotatable bonds is 6. The van der Waals surface area contributed by atoms with Gasteiger partial charge in [-0.1, -0.05) is 78.9 Å². The van der Waals surface area contributed by atoms with Crippen LogP contribution in [0, 0.1) is 0 Å². The maximum Gasteiger partial charge on any atom is 0.337 e. The van der Waals surface area contributed by atoms with Crippen LogP contribution in [0.15, 0.2) is 101 Å². The molecule has 1 aliphatic rings. The fourth-order valence-corrected chi connectivity index (χ4v) is 4.22. The average molecular weight is 440 g/mol. The molecule has 0 saturated carbocycles. The van der Waals surface area contributed by atoms with Gasteiger partial charge >= 0.3 is 11.9 Å². The van der Waals surface area contributed by atoms with Gasteiger partial charge in [-0.3, -0.25) is 0 Å². The number of esters is 1. The summed E-state index contributed by atoms with van der Waals surface area (Å²) in [6.45, 7) is 3.57. The zero-order valence-corrected chi connectivity index (χ0v) is 18.5. The predicted octanol–water partition coefficient (Wildman–Crippen LogP) is 5.42. The molecule has 2 N–H and O–H groups in total. The van der Waals surface area contributed by atoms with Gasteiger partial charge in [-0.25, -0.2) is 9.59 Å². The van der Waals surface area contributed by atoms with Crippen molar-refractivity contribution in [2.24, 2.45) is 0 Å². The fraction of sp³-hybridized carbons (Fsp3) is 0.143. The van der Waals surface area contributed by atoms with Crippen molar-refractivity contribution in [2.45, 2.75) is 19.8 Å². The Kier molecular flexibility index (Phi) is 6.41. The second kappa shape index (κ2) is 9.57. The van der Waals surface area contributed by atoms with E-state index in [2.05, 4.69) is 5.32 Å². The normalized spacial score (nSPS) is 16.2. The van der Waals surface area contributed by atoms with Crippen LogP contribution >= 0.6 is 0 Å². The molecule has 5 nitrogen and oxygen atoms in total. The number of hydrogen-bond donors (Lipinski definition) is 2. The van der Waals surface area contributed by atoms with Gasteiger partial charge in [0.2, 0.25) is 0 Å². The molecule has 0 aromatic heterocycles. The smallest absolute Gasteiger partial charge is 0.337 e. The molecule has 0 spiro atoms. The summed E-state index contributed by atoms with van der Waals surface area (Å²) < 4.78 is 5.54. The summed E-state index contributed by atoms with van der Waals surface area (Å²) in [5.41, 5.74) is 3.29. The number of allylic oxidation sites excluding steroid dienone is 2. The molecule has 1 heterocycles. The van der Waals surface area contributed by atoms with Gasteiger partial charge in [-0.2, -0.15) is 0 Å². The second-order valence-electron chi connectivity index (χ2n) is 7.96. The quantitative estimate of drug-likeness (QED) is 0.502. The lowest BCUT2D eigenvalue weighted by molar-refractivity contribution is -0.138. The number of nitrogens with one attached hydrogen (secondary N) is 1. The molecular formula is C28H25NO4. The monoisotopic (exact) mass is 439 g/mol. The zero-order chi connectivity index (χ0) is 23.4. The van der Waals surface area contributed by atoms with E-state index < -0.39 is 17.9 Å². The highest BCUT2D eigenvalue weighted by Crippen LogP contribution is 2.39. The largest absolute Gasteiger partial charge is 0.478 e. The summed E-state index contributed by atoms with van der Waals surface area (Å²) in [6, 6.07) is 23.3. The molecule has 1 atom stereocenters. The Bertz CT molecular complexity index is 1300. The van der Waals surface area contributed by atoms with E-state index in [4.69, 9.17) is 4.74 Å². The van der Waals surface area contributed by atoms with E-state index in [1.807, 2.05) is 78.9 Å². The second-order valence-corrected chi connectivity index (χ2v) is 7.96. The van der Waals surface area contributed by atoms with Crippen LogP contribution in [-0.2, 0) is 14.3 Å². The maximum absolute atomic E-state index is 13.2. The molecule has 5 heteroatoms. The number of hydrogen-bond acceptors (Lipinski definition) is 4. The first kappa shape index (κ1) is 22.1. The van der Waals surface area contributed by atoms with E-state index in [1.54, 1.807) is 19.9 Å². The lowest BCUT2D eigenvalue weighted by atomic mass is 9.80. The lowest BCUT2D eigenvalue weighted by Gasteiger charge is -2.29. The number of aliphatic carboxylic acids is 1. The van der Waals surface area contributed by atoms with Gasteiger partial charge in [-0.05, 0) is 41.8 Å². The molecule has 0 saturated heterocycles. The number of benzene rings is 3. The van der Waals surface area contributed by atoms with Crippen LogP contribution in [0.4, 0.5) is 0 Å². The van der Waals surface area contributed by atoms with Gasteiger partial charge in [0, 0.05) is 11.4 Å². The minimum Gasteiger partial charge on any atom is -0.478 e. The molecule has 1 unspecified atom stereocenters. The summed E-state index contributed by atoms with van der Waals surface area (Å²) in [7, 11) is 0. The number of dihydropyridines is 1. The summed E-state index contributed by atoms with van der Waals surface area (Å²) in [5, 5.41) is 15.1. The number of ether oxygens (including phenoxy) is 1. The molecule has 3 aromatic carbocycles. The molecule has 1 aliphatic heterocycles. The Labute approximate surface area is 192 Å². The van der Waals surface area contributed by atoms with E-state index >= 15 is 0 Å². The molecule has 0 radical (unpaired) electrons. The van der Waals surface area contributed by atoms with Crippen LogP contribution in [0.3, 0.4) is 0 Å². The van der Waals surface area contributed by atoms with Crippen LogP contribution in [0.2, 0.25) is 0 Å². The van der Waals surface area contributed by atoms with Crippen LogP contribution in [0.5, 0.6) is 0 Å². The zero-order valence-electron chi connectivity index (χ0n) is 18.5. The van der Waals surface area contributed by atoms with Crippen LogP contribution in [0.1, 0.15) is 30.9 Å². The summed E-state index contributed by atoms with van der Waals surface area (Å²) in [4.78, 5) is 25.4. The molecule has 0 amide bonds. The summed E-state index contributed by atoms with van der Waals surface area (Å²) in [6.07, 6.45) is 3.64. The molecule has 3 aromatic rings.